The molecule has 0 saturated heterocycles. The second-order valence-electron chi connectivity index (χ2n) is 5.47. The van der Waals surface area contributed by atoms with E-state index in [1.807, 2.05) is 0 Å². The van der Waals surface area contributed by atoms with Gasteiger partial charge < -0.3 is 14.4 Å². The third kappa shape index (κ3) is 5.48. The molecule has 2 rings (SSSR count). The minimum atomic E-state index is -5.13. The van der Waals surface area contributed by atoms with E-state index in [1.54, 1.807) is 0 Å². The van der Waals surface area contributed by atoms with Crippen LogP contribution in [0.5, 0.6) is 11.5 Å². The van der Waals surface area contributed by atoms with Crippen molar-refractivity contribution in [3.8, 4) is 11.5 Å². The molecule has 0 aliphatic carbocycles. The molecule has 0 spiro atoms. The molecule has 0 aromatic heterocycles. The largest absolute Gasteiger partial charge is 0.497 e. The summed E-state index contributed by atoms with van der Waals surface area (Å²) in [6, 6.07) is 6.08. The predicted molar refractivity (Wildman–Crippen MR) is 80.4 cm³/mol. The number of alkyl halides is 3. The van der Waals surface area contributed by atoms with Crippen molar-refractivity contribution >= 4 is 0 Å². The van der Waals surface area contributed by atoms with Gasteiger partial charge in [0.25, 0.3) is 0 Å². The van der Waals surface area contributed by atoms with Gasteiger partial charge in [0.1, 0.15) is 5.75 Å². The Bertz CT molecular complexity index is 810. The maximum Gasteiger partial charge on any atom is 0.421 e. The van der Waals surface area contributed by atoms with Crippen LogP contribution < -0.4 is 9.62 Å². The van der Waals surface area contributed by atoms with Crippen molar-refractivity contribution in [2.75, 3.05) is 13.7 Å². The van der Waals surface area contributed by atoms with Crippen LogP contribution in [0.25, 0.3) is 0 Å². The van der Waals surface area contributed by atoms with Crippen LogP contribution in [-0.4, -0.2) is 26.0 Å². The van der Waals surface area contributed by atoms with E-state index in [4.69, 9.17) is 9.47 Å². The van der Waals surface area contributed by atoms with Crippen LogP contribution >= 0.6 is 0 Å². The van der Waals surface area contributed by atoms with Crippen molar-refractivity contribution in [3.63, 3.8) is 0 Å². The molecule has 0 aliphatic heterocycles. The maximum atomic E-state index is 13.4. The highest BCUT2D eigenvalue weighted by molar-refractivity contribution is 5.29. The van der Waals surface area contributed by atoms with Crippen LogP contribution in [0.4, 0.5) is 35.1 Å². The molecule has 1 atom stereocenters. The lowest BCUT2D eigenvalue weighted by Gasteiger charge is -2.20. The lowest BCUT2D eigenvalue weighted by molar-refractivity contribution is -0.339. The highest BCUT2D eigenvalue weighted by Gasteiger charge is 2.43. The maximum absolute atomic E-state index is 13.4. The molecule has 0 unspecified atom stereocenters. The monoisotopic (exact) mass is 432 g/mol. The van der Waals surface area contributed by atoms with Gasteiger partial charge in [0.05, 0.1) is 20.3 Å². The van der Waals surface area contributed by atoms with Crippen LogP contribution in [0.2, 0.25) is 0 Å². The minimum Gasteiger partial charge on any atom is -0.497 e. The molecule has 0 N–H and O–H groups in total. The molecule has 12 heteroatoms. The van der Waals surface area contributed by atoms with E-state index in [2.05, 4.69) is 9.78 Å². The normalized spacial score (nSPS) is 12.7. The molecule has 0 fully saturated rings. The molecule has 0 bridgehead atoms. The summed E-state index contributed by atoms with van der Waals surface area (Å²) in [6.45, 7) is -1.49. The molecular formula is C17H12F8O4. The van der Waals surface area contributed by atoms with Gasteiger partial charge >= 0.3 is 6.18 Å². The first-order valence-electron chi connectivity index (χ1n) is 7.68. The van der Waals surface area contributed by atoms with E-state index >= 15 is 0 Å². The molecule has 160 valence electrons. The molecule has 0 saturated carbocycles. The van der Waals surface area contributed by atoms with Crippen molar-refractivity contribution in [3.05, 3.63) is 58.9 Å². The summed E-state index contributed by atoms with van der Waals surface area (Å²) >= 11 is 0. The molecule has 2 aromatic rings. The number of benzene rings is 2. The van der Waals surface area contributed by atoms with Crippen LogP contribution in [0.15, 0.2) is 24.3 Å². The third-order valence-electron chi connectivity index (χ3n) is 3.48. The summed E-state index contributed by atoms with van der Waals surface area (Å²) in [7, 11) is 1.42. The van der Waals surface area contributed by atoms with Gasteiger partial charge in [-0.05, 0) is 17.7 Å². The zero-order valence-corrected chi connectivity index (χ0v) is 14.5. The smallest absolute Gasteiger partial charge is 0.421 e. The molecular weight excluding hydrogens is 420 g/mol. The molecule has 2 aromatic carbocycles. The Kier molecular flexibility index (Phi) is 7.25. The van der Waals surface area contributed by atoms with Crippen molar-refractivity contribution in [1.82, 2.24) is 0 Å². The third-order valence-corrected chi connectivity index (χ3v) is 3.48. The van der Waals surface area contributed by atoms with Crippen LogP contribution in [0, 0.1) is 29.1 Å². The Morgan fingerprint density at radius 1 is 0.828 bits per heavy atom. The van der Waals surface area contributed by atoms with E-state index in [-0.39, 0.29) is 6.61 Å². The molecule has 0 aliphatic rings. The number of halogens is 8. The number of hydrogen-bond donors (Lipinski definition) is 0. The van der Waals surface area contributed by atoms with Crippen LogP contribution in [0.1, 0.15) is 5.56 Å². The van der Waals surface area contributed by atoms with Gasteiger partial charge in [0, 0.05) is 0 Å². The van der Waals surface area contributed by atoms with Crippen molar-refractivity contribution in [2.45, 2.75) is 18.9 Å². The Morgan fingerprint density at radius 2 is 1.34 bits per heavy atom. The fourth-order valence-corrected chi connectivity index (χ4v) is 1.95. The second kappa shape index (κ2) is 9.27. The first-order chi connectivity index (χ1) is 13.6. The predicted octanol–water partition coefficient (Wildman–Crippen LogP) is 4.85. The first kappa shape index (κ1) is 22.7. The zero-order chi connectivity index (χ0) is 21.8. The summed E-state index contributed by atoms with van der Waals surface area (Å²) < 4.78 is 115. The summed E-state index contributed by atoms with van der Waals surface area (Å²) in [4.78, 5) is 7.67. The summed E-state index contributed by atoms with van der Waals surface area (Å²) in [5.41, 5.74) is 0.465. The van der Waals surface area contributed by atoms with Gasteiger partial charge in [-0.15, -0.1) is 0 Å². The Hall–Kier alpha value is -2.60. The van der Waals surface area contributed by atoms with Crippen LogP contribution in [-0.2, 0) is 16.2 Å². The van der Waals surface area contributed by atoms with E-state index in [0.29, 0.717) is 11.3 Å². The lowest BCUT2D eigenvalue weighted by Crippen LogP contribution is -2.37. The minimum absolute atomic E-state index is 0.303. The standard InChI is InChI=1S/C17H12F8O4/c1-26-9-4-2-8(3-5-9)6-27-7-10(17(23,24)25)28-29-16-14(21)12(19)11(18)13(20)15(16)22/h2-5,10H,6-7H2,1H3/t10-/m1/s1. The van der Waals surface area contributed by atoms with Crippen LogP contribution in [0.3, 0.4) is 0 Å². The molecule has 0 radical (unpaired) electrons. The topological polar surface area (TPSA) is 36.9 Å². The van der Waals surface area contributed by atoms with Gasteiger partial charge in [0.15, 0.2) is 0 Å². The fraction of sp³-hybridized carbons (Fsp3) is 0.294. The summed E-state index contributed by atoms with van der Waals surface area (Å²) in [5, 5.41) is 0. The lowest BCUT2D eigenvalue weighted by atomic mass is 10.2. The molecule has 29 heavy (non-hydrogen) atoms. The molecule has 0 amide bonds. The molecule has 4 nitrogen and oxygen atoms in total. The average molecular weight is 432 g/mol. The van der Waals surface area contributed by atoms with Gasteiger partial charge in [0.2, 0.25) is 40.9 Å². The van der Waals surface area contributed by atoms with E-state index in [0.717, 1.165) is 0 Å². The van der Waals surface area contributed by atoms with Gasteiger partial charge in [-0.2, -0.15) is 26.8 Å². The molecule has 0 heterocycles. The number of methoxy groups -OCH3 is 1. The van der Waals surface area contributed by atoms with E-state index in [1.165, 1.54) is 31.4 Å². The first-order valence-corrected chi connectivity index (χ1v) is 7.68. The van der Waals surface area contributed by atoms with Crippen molar-refractivity contribution in [1.29, 1.82) is 0 Å². The van der Waals surface area contributed by atoms with Crippen molar-refractivity contribution < 1.29 is 54.4 Å². The van der Waals surface area contributed by atoms with E-state index in [9.17, 15) is 35.1 Å². The Morgan fingerprint density at radius 3 is 1.83 bits per heavy atom. The number of rotatable bonds is 8. The Balaban J connectivity index is 2.04. The number of ether oxygens (including phenoxy) is 2. The van der Waals surface area contributed by atoms with Crippen molar-refractivity contribution in [2.24, 2.45) is 0 Å². The highest BCUT2D eigenvalue weighted by Crippen LogP contribution is 2.31. The summed E-state index contributed by atoms with van der Waals surface area (Å²) in [5.74, 6) is -13.8. The average Bonchev–Trinajstić information content (AvgIpc) is 2.69. The zero-order valence-electron chi connectivity index (χ0n) is 14.5. The Labute approximate surface area is 158 Å². The van der Waals surface area contributed by atoms with Gasteiger partial charge in [-0.1, -0.05) is 12.1 Å². The van der Waals surface area contributed by atoms with E-state index < -0.39 is 53.7 Å². The highest BCUT2D eigenvalue weighted by atomic mass is 19.4. The fourth-order valence-electron chi connectivity index (χ4n) is 1.95. The SMILES string of the molecule is COc1ccc(COC[C@@H](OOc2c(F)c(F)c(F)c(F)c2F)C(F)(F)F)cc1. The quantitative estimate of drug-likeness (QED) is 0.197. The summed E-state index contributed by atoms with van der Waals surface area (Å²) in [6.07, 6.45) is -8.01. The van der Waals surface area contributed by atoms with Gasteiger partial charge in [-0.3, -0.25) is 0 Å². The second-order valence-corrected chi connectivity index (χ2v) is 5.47. The van der Waals surface area contributed by atoms with Gasteiger partial charge in [-0.25, -0.2) is 13.2 Å². The number of hydrogen-bond acceptors (Lipinski definition) is 4.